The predicted octanol–water partition coefficient (Wildman–Crippen LogP) is 1.97. The van der Waals surface area contributed by atoms with E-state index >= 15 is 0 Å². The maximum atomic E-state index is 12.5. The minimum absolute atomic E-state index is 0.308. The first kappa shape index (κ1) is 19.3. The lowest BCUT2D eigenvalue weighted by Gasteiger charge is -2.17. The maximum absolute atomic E-state index is 12.5. The van der Waals surface area contributed by atoms with Gasteiger partial charge in [-0.05, 0) is 23.2 Å². The molecule has 0 atom stereocenters. The van der Waals surface area contributed by atoms with Crippen LogP contribution in [0.3, 0.4) is 0 Å². The number of hydrogen-bond donors (Lipinski definition) is 0. The van der Waals surface area contributed by atoms with E-state index in [2.05, 4.69) is 9.98 Å². The Morgan fingerprint density at radius 1 is 1.11 bits per heavy atom. The number of carbonyl (C=O) groups excluding carboxylic acids is 1. The molecule has 2 aromatic rings. The molecule has 0 fully saturated rings. The van der Waals surface area contributed by atoms with Gasteiger partial charge >= 0.3 is 11.8 Å². The second kappa shape index (κ2) is 8.47. The second-order valence-electron chi connectivity index (χ2n) is 6.76. The largest absolute Gasteiger partial charge is 0.402 e. The first-order chi connectivity index (χ1) is 13.5. The zero-order chi connectivity index (χ0) is 20.1. The summed E-state index contributed by atoms with van der Waals surface area (Å²) in [6.45, 7) is 0.434. The Balaban J connectivity index is 1.99. The van der Waals surface area contributed by atoms with E-state index in [0.717, 1.165) is 17.1 Å². The van der Waals surface area contributed by atoms with Gasteiger partial charge in [0, 0.05) is 39.8 Å². The van der Waals surface area contributed by atoms with Gasteiger partial charge in [-0.3, -0.25) is 0 Å². The van der Waals surface area contributed by atoms with Gasteiger partial charge in [-0.25, -0.2) is 14.4 Å². The third-order valence-corrected chi connectivity index (χ3v) is 4.09. The quantitative estimate of drug-likeness (QED) is 0.254. The Bertz CT molecular complexity index is 946. The summed E-state index contributed by atoms with van der Waals surface area (Å²) in [6.07, 6.45) is 3.66. The highest BCUT2D eigenvalue weighted by Gasteiger charge is 2.29. The fraction of sp³-hybridized carbons (Fsp3) is 0.238. The number of likely N-dealkylation sites (N-methyl/N-ethyl adjacent to an activating group) is 1. The molecule has 0 amide bonds. The number of cyclic esters (lactones) is 1. The molecule has 1 aromatic carbocycles. The second-order valence-corrected chi connectivity index (χ2v) is 6.76. The number of allylic oxidation sites excluding steroid dienone is 1. The molecule has 28 heavy (non-hydrogen) atoms. The summed E-state index contributed by atoms with van der Waals surface area (Å²) in [4.78, 5) is 25.3. The molecule has 7 heteroatoms. The normalized spacial score (nSPS) is 15.4. The van der Waals surface area contributed by atoms with Gasteiger partial charge in [-0.15, -0.1) is 0 Å². The molecule has 0 spiro atoms. The first-order valence-corrected chi connectivity index (χ1v) is 8.91. The molecule has 0 unspecified atom stereocenters. The van der Waals surface area contributed by atoms with Crippen molar-refractivity contribution in [3.05, 3.63) is 71.7 Å². The number of aliphatic imine (C=N–C) groups is 2. The molecule has 2 heterocycles. The van der Waals surface area contributed by atoms with E-state index in [0.29, 0.717) is 18.1 Å². The van der Waals surface area contributed by atoms with Crippen LogP contribution in [-0.4, -0.2) is 56.2 Å². The summed E-state index contributed by atoms with van der Waals surface area (Å²) in [6, 6.07) is 15.2. The van der Waals surface area contributed by atoms with Gasteiger partial charge in [0.1, 0.15) is 6.54 Å². The minimum Gasteiger partial charge on any atom is -0.402 e. The van der Waals surface area contributed by atoms with Crippen molar-refractivity contribution in [1.82, 2.24) is 9.80 Å². The Hall–Kier alpha value is -3.48. The standard InChI is InChI=1S/C21H24N5O2/c1-24(2)15-22-18-12-8-9-13-26(18)14-17(25(3)4)19-21(27)28-20(23-19)16-10-6-5-7-11-16/h5-13,15H,14H2,1-4H3/q+1/b19-17-. The van der Waals surface area contributed by atoms with Crippen molar-refractivity contribution >= 4 is 24.0 Å². The number of benzene rings is 1. The molecule has 3 rings (SSSR count). The van der Waals surface area contributed by atoms with Crippen molar-refractivity contribution in [2.75, 3.05) is 28.2 Å². The molecule has 0 N–H and O–H groups in total. The van der Waals surface area contributed by atoms with E-state index < -0.39 is 5.97 Å². The van der Waals surface area contributed by atoms with Crippen molar-refractivity contribution in [3.8, 4) is 0 Å². The van der Waals surface area contributed by atoms with Crippen LogP contribution in [0.5, 0.6) is 0 Å². The fourth-order valence-electron chi connectivity index (χ4n) is 2.67. The summed E-state index contributed by atoms with van der Waals surface area (Å²) in [5.74, 6) is 0.649. The van der Waals surface area contributed by atoms with Crippen LogP contribution < -0.4 is 4.57 Å². The van der Waals surface area contributed by atoms with Crippen LogP contribution in [0.25, 0.3) is 0 Å². The van der Waals surface area contributed by atoms with Gasteiger partial charge in [0.25, 0.3) is 0 Å². The van der Waals surface area contributed by atoms with Gasteiger partial charge in [0.15, 0.2) is 5.70 Å². The molecule has 1 aliphatic heterocycles. The molecule has 0 saturated heterocycles. The van der Waals surface area contributed by atoms with Crippen molar-refractivity contribution in [1.29, 1.82) is 0 Å². The van der Waals surface area contributed by atoms with Gasteiger partial charge in [0.05, 0.1) is 11.9 Å². The molecule has 7 nitrogen and oxygen atoms in total. The van der Waals surface area contributed by atoms with Gasteiger partial charge in [-0.1, -0.05) is 24.3 Å². The zero-order valence-electron chi connectivity index (χ0n) is 16.5. The lowest BCUT2D eigenvalue weighted by Crippen LogP contribution is -2.38. The van der Waals surface area contributed by atoms with Crippen molar-refractivity contribution in [2.24, 2.45) is 9.98 Å². The van der Waals surface area contributed by atoms with Crippen LogP contribution in [0.2, 0.25) is 0 Å². The van der Waals surface area contributed by atoms with Gasteiger partial charge in [-0.2, -0.15) is 0 Å². The SMILES string of the molecule is CN(C)/C=N/c1cccc[n+]1C/C(=C1/N=C(c2ccccc2)OC1=O)N(C)C. The van der Waals surface area contributed by atoms with E-state index in [1.54, 1.807) is 6.34 Å². The smallest absolute Gasteiger partial charge is 0.365 e. The van der Waals surface area contributed by atoms with Crippen LogP contribution in [-0.2, 0) is 16.1 Å². The van der Waals surface area contributed by atoms with Gasteiger partial charge in [0.2, 0.25) is 12.2 Å². The molecule has 0 bridgehead atoms. The Morgan fingerprint density at radius 2 is 1.82 bits per heavy atom. The third-order valence-electron chi connectivity index (χ3n) is 4.09. The predicted molar refractivity (Wildman–Crippen MR) is 108 cm³/mol. The van der Waals surface area contributed by atoms with Crippen LogP contribution in [0.15, 0.2) is 76.1 Å². The van der Waals surface area contributed by atoms with E-state index in [4.69, 9.17) is 4.74 Å². The fourth-order valence-corrected chi connectivity index (χ4v) is 2.67. The highest BCUT2D eigenvalue weighted by Crippen LogP contribution is 2.21. The average Bonchev–Trinajstić information content (AvgIpc) is 3.07. The van der Waals surface area contributed by atoms with Crippen molar-refractivity contribution in [2.45, 2.75) is 6.54 Å². The summed E-state index contributed by atoms with van der Waals surface area (Å²) < 4.78 is 7.38. The number of carbonyl (C=O) groups is 1. The molecule has 0 aliphatic carbocycles. The highest BCUT2D eigenvalue weighted by molar-refractivity contribution is 6.11. The molecule has 1 aliphatic rings. The lowest BCUT2D eigenvalue weighted by molar-refractivity contribution is -0.677. The minimum atomic E-state index is -0.447. The van der Waals surface area contributed by atoms with E-state index in [1.807, 2.05) is 97.3 Å². The first-order valence-electron chi connectivity index (χ1n) is 8.91. The van der Waals surface area contributed by atoms with Gasteiger partial charge < -0.3 is 14.5 Å². The lowest BCUT2D eigenvalue weighted by atomic mass is 10.2. The Morgan fingerprint density at radius 3 is 2.50 bits per heavy atom. The number of nitrogens with zero attached hydrogens (tertiary/aromatic N) is 5. The number of ether oxygens (including phenoxy) is 1. The number of aromatic nitrogens is 1. The van der Waals surface area contributed by atoms with Crippen LogP contribution in [0.1, 0.15) is 5.56 Å². The number of esters is 1. The topological polar surface area (TPSA) is 61.4 Å². The zero-order valence-corrected chi connectivity index (χ0v) is 16.5. The summed E-state index contributed by atoms with van der Waals surface area (Å²) in [5.41, 5.74) is 1.82. The van der Waals surface area contributed by atoms with E-state index in [9.17, 15) is 4.79 Å². The molecule has 1 aromatic heterocycles. The van der Waals surface area contributed by atoms with E-state index in [-0.39, 0.29) is 0 Å². The van der Waals surface area contributed by atoms with E-state index in [1.165, 1.54) is 0 Å². The monoisotopic (exact) mass is 378 g/mol. The highest BCUT2D eigenvalue weighted by atomic mass is 16.6. The molecule has 144 valence electrons. The Labute approximate surface area is 164 Å². The van der Waals surface area contributed by atoms with Crippen LogP contribution >= 0.6 is 0 Å². The van der Waals surface area contributed by atoms with Crippen LogP contribution in [0, 0.1) is 0 Å². The van der Waals surface area contributed by atoms with Crippen molar-refractivity contribution < 1.29 is 14.1 Å². The molecular weight excluding hydrogens is 354 g/mol. The average molecular weight is 378 g/mol. The molecular formula is C21H24N5O2+. The maximum Gasteiger partial charge on any atom is 0.365 e. The number of pyridine rings is 1. The number of hydrogen-bond acceptors (Lipinski definition) is 5. The summed E-state index contributed by atoms with van der Waals surface area (Å²) in [5, 5.41) is 0. The molecule has 0 saturated carbocycles. The summed E-state index contributed by atoms with van der Waals surface area (Å²) in [7, 11) is 7.60. The summed E-state index contributed by atoms with van der Waals surface area (Å²) >= 11 is 0. The third kappa shape index (κ3) is 4.43. The van der Waals surface area contributed by atoms with Crippen molar-refractivity contribution in [3.63, 3.8) is 0 Å². The molecule has 0 radical (unpaired) electrons. The number of rotatable bonds is 6. The Kier molecular flexibility index (Phi) is 5.84. The van der Waals surface area contributed by atoms with Crippen LogP contribution in [0.4, 0.5) is 5.82 Å².